The SMILES string of the molecule is CCn1ncc(-c2cc(C(F)F)nc3sc(C(N)=O)c(NC(=O)c4ccc(COc5ccc(Cl)cc5)o4)c23)c1C. The van der Waals surface area contributed by atoms with Gasteiger partial charge in [0.2, 0.25) is 0 Å². The summed E-state index contributed by atoms with van der Waals surface area (Å²) in [4.78, 5) is 29.8. The second-order valence-corrected chi connectivity index (χ2v) is 10.1. The lowest BCUT2D eigenvalue weighted by atomic mass is 10.0. The summed E-state index contributed by atoms with van der Waals surface area (Å²) in [6, 6.07) is 11.0. The van der Waals surface area contributed by atoms with Gasteiger partial charge in [-0.15, -0.1) is 11.3 Å². The number of rotatable bonds is 9. The van der Waals surface area contributed by atoms with Crippen molar-refractivity contribution in [3.05, 3.63) is 81.5 Å². The van der Waals surface area contributed by atoms with E-state index in [4.69, 9.17) is 26.5 Å². The monoisotopic (exact) mass is 585 g/mol. The first-order valence-electron chi connectivity index (χ1n) is 12.0. The number of halogens is 3. The van der Waals surface area contributed by atoms with E-state index in [0.717, 1.165) is 17.0 Å². The van der Waals surface area contributed by atoms with Gasteiger partial charge in [-0.25, -0.2) is 13.8 Å². The molecule has 0 saturated heterocycles. The van der Waals surface area contributed by atoms with Crippen LogP contribution in [0.2, 0.25) is 5.02 Å². The summed E-state index contributed by atoms with van der Waals surface area (Å²) < 4.78 is 40.6. The van der Waals surface area contributed by atoms with E-state index in [0.29, 0.717) is 39.6 Å². The lowest BCUT2D eigenvalue weighted by Gasteiger charge is -2.10. The molecular formula is C27H22ClF2N5O4S. The van der Waals surface area contributed by atoms with Crippen LogP contribution in [0.25, 0.3) is 21.3 Å². The van der Waals surface area contributed by atoms with Gasteiger partial charge in [-0.2, -0.15) is 5.10 Å². The molecule has 0 saturated carbocycles. The molecule has 40 heavy (non-hydrogen) atoms. The van der Waals surface area contributed by atoms with Crippen LogP contribution in [0, 0.1) is 6.92 Å². The van der Waals surface area contributed by atoms with E-state index in [1.165, 1.54) is 12.1 Å². The number of primary amides is 1. The number of benzene rings is 1. The average Bonchev–Trinajstić information content (AvgIpc) is 3.65. The van der Waals surface area contributed by atoms with Crippen molar-refractivity contribution in [2.24, 2.45) is 5.73 Å². The second kappa shape index (κ2) is 11.1. The Kier molecular flexibility index (Phi) is 7.55. The zero-order valence-corrected chi connectivity index (χ0v) is 22.8. The van der Waals surface area contributed by atoms with Crippen LogP contribution < -0.4 is 15.8 Å². The minimum atomic E-state index is -2.86. The first-order chi connectivity index (χ1) is 19.2. The molecule has 5 aromatic rings. The van der Waals surface area contributed by atoms with Crippen molar-refractivity contribution in [1.29, 1.82) is 0 Å². The third-order valence-electron chi connectivity index (χ3n) is 6.14. The van der Waals surface area contributed by atoms with Crippen molar-refractivity contribution < 1.29 is 27.5 Å². The number of furan rings is 1. The van der Waals surface area contributed by atoms with Gasteiger partial charge in [0.05, 0.1) is 11.9 Å². The van der Waals surface area contributed by atoms with Crippen molar-refractivity contribution in [3.8, 4) is 16.9 Å². The van der Waals surface area contributed by atoms with Gasteiger partial charge < -0.3 is 20.2 Å². The Morgan fingerprint density at radius 3 is 2.60 bits per heavy atom. The molecule has 4 heterocycles. The maximum atomic E-state index is 13.8. The topological polar surface area (TPSA) is 125 Å². The number of hydrogen-bond donors (Lipinski definition) is 2. The molecule has 13 heteroatoms. The van der Waals surface area contributed by atoms with Gasteiger partial charge in [0.15, 0.2) is 5.76 Å². The first-order valence-corrected chi connectivity index (χ1v) is 13.2. The van der Waals surface area contributed by atoms with Gasteiger partial charge in [0.1, 0.15) is 33.5 Å². The number of pyridine rings is 1. The molecule has 0 aliphatic heterocycles. The molecule has 0 bridgehead atoms. The minimum absolute atomic E-state index is 0.0399. The third kappa shape index (κ3) is 5.27. The normalized spacial score (nSPS) is 11.3. The van der Waals surface area contributed by atoms with Crippen LogP contribution in [-0.2, 0) is 13.2 Å². The molecule has 5 rings (SSSR count). The molecule has 0 fully saturated rings. The second-order valence-electron chi connectivity index (χ2n) is 8.67. The maximum absolute atomic E-state index is 13.8. The Labute approximate surface area is 235 Å². The number of nitrogens with one attached hydrogen (secondary N) is 1. The summed E-state index contributed by atoms with van der Waals surface area (Å²) in [5.41, 5.74) is 6.82. The molecule has 0 aliphatic carbocycles. The molecule has 0 radical (unpaired) electrons. The summed E-state index contributed by atoms with van der Waals surface area (Å²) in [6.45, 7) is 4.31. The average molecular weight is 586 g/mol. The summed E-state index contributed by atoms with van der Waals surface area (Å²) in [7, 11) is 0. The van der Waals surface area contributed by atoms with Gasteiger partial charge in [-0.3, -0.25) is 14.3 Å². The van der Waals surface area contributed by atoms with Crippen molar-refractivity contribution in [2.45, 2.75) is 33.4 Å². The fourth-order valence-electron chi connectivity index (χ4n) is 4.20. The smallest absolute Gasteiger partial charge is 0.291 e. The number of amides is 2. The highest BCUT2D eigenvalue weighted by atomic mass is 35.5. The summed E-state index contributed by atoms with van der Waals surface area (Å²) in [6.07, 6.45) is -1.31. The van der Waals surface area contributed by atoms with Crippen LogP contribution in [0.3, 0.4) is 0 Å². The molecule has 9 nitrogen and oxygen atoms in total. The fraction of sp³-hybridized carbons (Fsp3) is 0.185. The molecule has 0 unspecified atom stereocenters. The number of nitrogens with zero attached hydrogens (tertiary/aromatic N) is 3. The lowest BCUT2D eigenvalue weighted by molar-refractivity contribution is 0.0992. The predicted molar refractivity (Wildman–Crippen MR) is 147 cm³/mol. The standard InChI is InChI=1S/C27H22ClF2N5O4S/c1-3-35-13(2)18(11-32-35)17-10-19(24(29)30)33-27-21(17)22(23(40-27)25(31)36)34-26(37)20-9-8-16(39-20)12-38-15-6-4-14(28)5-7-15/h4-11,24H,3,12H2,1-2H3,(H2,31,36)(H,34,37). The highest BCUT2D eigenvalue weighted by Gasteiger charge is 2.27. The van der Waals surface area contributed by atoms with Gasteiger partial charge >= 0.3 is 0 Å². The van der Waals surface area contributed by atoms with Crippen LogP contribution >= 0.6 is 22.9 Å². The molecule has 2 amide bonds. The Bertz CT molecular complexity index is 1730. The number of anilines is 1. The molecule has 1 aromatic carbocycles. The predicted octanol–water partition coefficient (Wildman–Crippen LogP) is 6.60. The first kappa shape index (κ1) is 27.3. The molecule has 0 aliphatic rings. The molecule has 4 aromatic heterocycles. The largest absolute Gasteiger partial charge is 0.486 e. The van der Waals surface area contributed by atoms with Crippen molar-refractivity contribution in [3.63, 3.8) is 0 Å². The van der Waals surface area contributed by atoms with E-state index in [9.17, 15) is 18.4 Å². The van der Waals surface area contributed by atoms with Gasteiger partial charge in [0, 0.05) is 28.2 Å². The summed E-state index contributed by atoms with van der Waals surface area (Å²) >= 11 is 6.70. The number of alkyl halides is 2. The number of thiophene rings is 1. The van der Waals surface area contributed by atoms with E-state index in [1.807, 2.05) is 6.92 Å². The Morgan fingerprint density at radius 2 is 1.95 bits per heavy atom. The number of aryl methyl sites for hydroxylation is 1. The van der Waals surface area contributed by atoms with E-state index in [-0.39, 0.29) is 27.8 Å². The Balaban J connectivity index is 1.52. The summed E-state index contributed by atoms with van der Waals surface area (Å²) in [5, 5.41) is 7.88. The summed E-state index contributed by atoms with van der Waals surface area (Å²) in [5.74, 6) is -0.646. The number of carbonyl (C=O) groups excluding carboxylic acids is 2. The third-order valence-corrected chi connectivity index (χ3v) is 7.49. The van der Waals surface area contributed by atoms with Crippen LogP contribution in [0.4, 0.5) is 14.5 Å². The molecular weight excluding hydrogens is 564 g/mol. The van der Waals surface area contributed by atoms with Gasteiger partial charge in [-0.1, -0.05) is 11.6 Å². The van der Waals surface area contributed by atoms with E-state index < -0.39 is 23.9 Å². The number of nitrogens with two attached hydrogens (primary N) is 1. The van der Waals surface area contributed by atoms with Crippen molar-refractivity contribution >= 4 is 50.7 Å². The number of ether oxygens (including phenoxy) is 1. The van der Waals surface area contributed by atoms with Crippen LogP contribution in [-0.4, -0.2) is 26.6 Å². The van der Waals surface area contributed by atoms with Crippen LogP contribution in [0.15, 0.2) is 53.1 Å². The zero-order valence-electron chi connectivity index (χ0n) is 21.2. The molecule has 0 spiro atoms. The number of carbonyl (C=O) groups is 2. The van der Waals surface area contributed by atoms with Crippen LogP contribution in [0.5, 0.6) is 5.75 Å². The van der Waals surface area contributed by atoms with Gasteiger partial charge in [0.25, 0.3) is 18.2 Å². The van der Waals surface area contributed by atoms with E-state index >= 15 is 0 Å². The van der Waals surface area contributed by atoms with E-state index in [2.05, 4.69) is 15.4 Å². The fourth-order valence-corrected chi connectivity index (χ4v) is 5.34. The quantitative estimate of drug-likeness (QED) is 0.201. The van der Waals surface area contributed by atoms with Crippen molar-refractivity contribution in [1.82, 2.24) is 14.8 Å². The number of aromatic nitrogens is 3. The van der Waals surface area contributed by atoms with Crippen molar-refractivity contribution in [2.75, 3.05) is 5.32 Å². The lowest BCUT2D eigenvalue weighted by Crippen LogP contribution is -2.16. The van der Waals surface area contributed by atoms with Crippen LogP contribution in [0.1, 0.15) is 50.7 Å². The molecule has 3 N–H and O–H groups in total. The molecule has 206 valence electrons. The number of hydrogen-bond acceptors (Lipinski definition) is 7. The maximum Gasteiger partial charge on any atom is 0.291 e. The molecule has 0 atom stereocenters. The Hall–Kier alpha value is -4.29. The minimum Gasteiger partial charge on any atom is -0.486 e. The zero-order chi connectivity index (χ0) is 28.6. The highest BCUT2D eigenvalue weighted by molar-refractivity contribution is 7.21. The number of fused-ring (bicyclic) bond motifs is 1. The Morgan fingerprint density at radius 1 is 1.20 bits per heavy atom. The van der Waals surface area contributed by atoms with Gasteiger partial charge in [-0.05, 0) is 61.9 Å². The van der Waals surface area contributed by atoms with E-state index in [1.54, 1.807) is 48.1 Å². The highest BCUT2D eigenvalue weighted by Crippen LogP contribution is 2.43.